The molecule has 1 nitrogen and oxygen atoms in total. The predicted octanol–water partition coefficient (Wildman–Crippen LogP) is 3.19. The van der Waals surface area contributed by atoms with E-state index in [2.05, 4.69) is 5.32 Å². The van der Waals surface area contributed by atoms with Crippen LogP contribution in [0.4, 0.5) is 4.39 Å². The Balaban J connectivity index is 2.49. The zero-order chi connectivity index (χ0) is 11.1. The number of allylic oxidation sites excluding steroid dienone is 1. The van der Waals surface area contributed by atoms with Crippen molar-refractivity contribution < 1.29 is 4.39 Å². The van der Waals surface area contributed by atoms with Crippen molar-refractivity contribution in [2.75, 3.05) is 13.6 Å². The summed E-state index contributed by atoms with van der Waals surface area (Å²) in [5, 5.41) is 3.62. The van der Waals surface area contributed by atoms with Gasteiger partial charge in [0.15, 0.2) is 0 Å². The van der Waals surface area contributed by atoms with Crippen LogP contribution in [0.25, 0.3) is 0 Å². The molecule has 0 radical (unpaired) electrons. The zero-order valence-electron chi connectivity index (χ0n) is 8.76. The highest BCUT2D eigenvalue weighted by Crippen LogP contribution is 2.15. The molecule has 0 fully saturated rings. The van der Waals surface area contributed by atoms with Crippen molar-refractivity contribution in [1.29, 1.82) is 0 Å². The normalized spacial score (nSPS) is 11.1. The first kappa shape index (κ1) is 12.2. The Labute approximate surface area is 95.0 Å². The van der Waals surface area contributed by atoms with Crippen molar-refractivity contribution in [2.45, 2.75) is 12.8 Å². The first-order chi connectivity index (χ1) is 7.24. The summed E-state index contributed by atoms with van der Waals surface area (Å²) in [5.41, 5.74) is 0.642. The second-order valence-electron chi connectivity index (χ2n) is 3.30. The third-order valence-electron chi connectivity index (χ3n) is 2.07. The highest BCUT2D eigenvalue weighted by molar-refractivity contribution is 6.30. The molecular formula is C12H15ClFN. The summed E-state index contributed by atoms with van der Waals surface area (Å²) < 4.78 is 13.2. The van der Waals surface area contributed by atoms with E-state index in [0.29, 0.717) is 17.0 Å². The van der Waals surface area contributed by atoms with E-state index < -0.39 is 0 Å². The summed E-state index contributed by atoms with van der Waals surface area (Å²) in [6.07, 6.45) is 5.55. The van der Waals surface area contributed by atoms with E-state index in [-0.39, 0.29) is 5.82 Å². The van der Waals surface area contributed by atoms with Crippen LogP contribution in [0.5, 0.6) is 0 Å². The van der Waals surface area contributed by atoms with Gasteiger partial charge < -0.3 is 5.32 Å². The Hall–Kier alpha value is -0.860. The van der Waals surface area contributed by atoms with Crippen LogP contribution >= 0.6 is 11.6 Å². The molecule has 0 aliphatic carbocycles. The number of halogens is 2. The molecule has 0 aromatic heterocycles. The minimum atomic E-state index is -0.197. The summed E-state index contributed by atoms with van der Waals surface area (Å²) in [6, 6.07) is 4.63. The summed E-state index contributed by atoms with van der Waals surface area (Å²) in [4.78, 5) is 0. The number of rotatable bonds is 5. The van der Waals surface area contributed by atoms with E-state index >= 15 is 0 Å². The summed E-state index contributed by atoms with van der Waals surface area (Å²) >= 11 is 5.78. The molecule has 0 aliphatic heterocycles. The quantitative estimate of drug-likeness (QED) is 0.602. The Morgan fingerprint density at radius 1 is 1.40 bits per heavy atom. The lowest BCUT2D eigenvalue weighted by Gasteiger charge is -1.99. The van der Waals surface area contributed by atoms with Crippen LogP contribution in [0.15, 0.2) is 30.4 Å². The maximum atomic E-state index is 13.2. The number of hydrogen-bond acceptors (Lipinski definition) is 1. The summed E-state index contributed by atoms with van der Waals surface area (Å²) in [5.74, 6) is -0.197. The van der Waals surface area contributed by atoms with Crippen LogP contribution < -0.4 is 5.32 Å². The molecule has 3 heteroatoms. The Morgan fingerprint density at radius 3 is 2.93 bits per heavy atom. The number of nitrogens with one attached hydrogen (secondary N) is 1. The lowest BCUT2D eigenvalue weighted by atomic mass is 10.1. The monoisotopic (exact) mass is 227 g/mol. The summed E-state index contributed by atoms with van der Waals surface area (Å²) in [6.45, 7) is 0.939. The first-order valence-electron chi connectivity index (χ1n) is 4.97. The molecule has 0 aliphatic rings. The maximum Gasteiger partial charge on any atom is 0.126 e. The van der Waals surface area contributed by atoms with Gasteiger partial charge in [-0.1, -0.05) is 23.8 Å². The zero-order valence-corrected chi connectivity index (χ0v) is 9.52. The van der Waals surface area contributed by atoms with E-state index in [1.54, 1.807) is 12.1 Å². The standard InChI is InChI=1S/C12H15ClFN/c1-15-8-4-2-3-5-10-9-11(13)6-7-12(10)14/h2-3,6-7,9,15H,4-5,8H2,1H3/b3-2+. The van der Waals surface area contributed by atoms with Crippen LogP contribution in [0.3, 0.4) is 0 Å². The molecule has 0 saturated carbocycles. The molecule has 0 spiro atoms. The third-order valence-corrected chi connectivity index (χ3v) is 2.31. The minimum Gasteiger partial charge on any atom is -0.319 e. The fraction of sp³-hybridized carbons (Fsp3) is 0.333. The van der Waals surface area contributed by atoms with Crippen molar-refractivity contribution in [3.63, 3.8) is 0 Å². The van der Waals surface area contributed by atoms with E-state index in [9.17, 15) is 4.39 Å². The lowest BCUT2D eigenvalue weighted by molar-refractivity contribution is 0.615. The van der Waals surface area contributed by atoms with Crippen molar-refractivity contribution >= 4 is 11.6 Å². The van der Waals surface area contributed by atoms with Crippen molar-refractivity contribution in [3.05, 3.63) is 46.8 Å². The average molecular weight is 228 g/mol. The molecule has 0 saturated heterocycles. The topological polar surface area (TPSA) is 12.0 Å². The average Bonchev–Trinajstić information content (AvgIpc) is 2.23. The number of benzene rings is 1. The fourth-order valence-electron chi connectivity index (χ4n) is 1.26. The minimum absolute atomic E-state index is 0.197. The third kappa shape index (κ3) is 4.45. The smallest absolute Gasteiger partial charge is 0.126 e. The molecule has 1 rings (SSSR count). The van der Waals surface area contributed by atoms with Crippen molar-refractivity contribution in [3.8, 4) is 0 Å². The van der Waals surface area contributed by atoms with Gasteiger partial charge in [-0.15, -0.1) is 0 Å². The molecule has 1 aromatic carbocycles. The molecule has 0 atom stereocenters. The molecule has 82 valence electrons. The highest BCUT2D eigenvalue weighted by atomic mass is 35.5. The van der Waals surface area contributed by atoms with Crippen LogP contribution in [0.2, 0.25) is 5.02 Å². The van der Waals surface area contributed by atoms with Gasteiger partial charge in [0.1, 0.15) is 5.82 Å². The Bertz CT molecular complexity index is 336. The van der Waals surface area contributed by atoms with Gasteiger partial charge in [-0.3, -0.25) is 0 Å². The molecule has 0 bridgehead atoms. The van der Waals surface area contributed by atoms with E-state index in [4.69, 9.17) is 11.6 Å². The molecule has 0 heterocycles. The van der Waals surface area contributed by atoms with E-state index in [1.165, 1.54) is 6.07 Å². The lowest BCUT2D eigenvalue weighted by Crippen LogP contribution is -2.05. The predicted molar refractivity (Wildman–Crippen MR) is 62.8 cm³/mol. The summed E-state index contributed by atoms with van der Waals surface area (Å²) in [7, 11) is 1.91. The second-order valence-corrected chi connectivity index (χ2v) is 3.74. The van der Waals surface area contributed by atoms with Crippen LogP contribution in [-0.4, -0.2) is 13.6 Å². The van der Waals surface area contributed by atoms with Gasteiger partial charge in [0.05, 0.1) is 0 Å². The van der Waals surface area contributed by atoms with Crippen molar-refractivity contribution in [2.24, 2.45) is 0 Å². The fourth-order valence-corrected chi connectivity index (χ4v) is 1.45. The SMILES string of the molecule is CNCC/C=C/Cc1cc(Cl)ccc1F. The van der Waals surface area contributed by atoms with Gasteiger partial charge in [-0.2, -0.15) is 0 Å². The molecule has 0 unspecified atom stereocenters. The highest BCUT2D eigenvalue weighted by Gasteiger charge is 2.00. The van der Waals surface area contributed by atoms with Gasteiger partial charge in [0, 0.05) is 5.02 Å². The van der Waals surface area contributed by atoms with Gasteiger partial charge in [-0.25, -0.2) is 4.39 Å². The second kappa shape index (κ2) is 6.59. The Morgan fingerprint density at radius 2 is 2.20 bits per heavy atom. The van der Waals surface area contributed by atoms with Crippen LogP contribution in [0.1, 0.15) is 12.0 Å². The first-order valence-corrected chi connectivity index (χ1v) is 5.35. The van der Waals surface area contributed by atoms with Crippen LogP contribution in [0, 0.1) is 5.82 Å². The van der Waals surface area contributed by atoms with E-state index in [0.717, 1.165) is 13.0 Å². The molecule has 1 N–H and O–H groups in total. The van der Waals surface area contributed by atoms with Gasteiger partial charge in [0.25, 0.3) is 0 Å². The van der Waals surface area contributed by atoms with Crippen LogP contribution in [-0.2, 0) is 6.42 Å². The van der Waals surface area contributed by atoms with Gasteiger partial charge in [0.2, 0.25) is 0 Å². The molecule has 15 heavy (non-hydrogen) atoms. The Kier molecular flexibility index (Phi) is 5.37. The molecular weight excluding hydrogens is 213 g/mol. The maximum absolute atomic E-state index is 13.2. The molecule has 1 aromatic rings. The molecule has 0 amide bonds. The van der Waals surface area contributed by atoms with Crippen molar-refractivity contribution in [1.82, 2.24) is 5.32 Å². The van der Waals surface area contributed by atoms with Gasteiger partial charge in [-0.05, 0) is 50.2 Å². The van der Waals surface area contributed by atoms with E-state index in [1.807, 2.05) is 19.2 Å². The van der Waals surface area contributed by atoms with Gasteiger partial charge >= 0.3 is 0 Å². The number of hydrogen-bond donors (Lipinski definition) is 1. The largest absolute Gasteiger partial charge is 0.319 e.